The van der Waals surface area contributed by atoms with Gasteiger partial charge >= 0.3 is 0 Å². The molecule has 0 fully saturated rings. The van der Waals surface area contributed by atoms with Crippen molar-refractivity contribution < 1.29 is 15.0 Å². The second kappa shape index (κ2) is 15.6. The van der Waals surface area contributed by atoms with Crippen LogP contribution in [-0.2, 0) is 15.6 Å². The lowest BCUT2D eigenvalue weighted by atomic mass is 9.76. The third-order valence-electron chi connectivity index (χ3n) is 7.28. The molecule has 3 nitrogen and oxygen atoms in total. The summed E-state index contributed by atoms with van der Waals surface area (Å²) in [5.74, 6) is -1.34. The Kier molecular flexibility index (Phi) is 14.0. The zero-order valence-corrected chi connectivity index (χ0v) is 24.1. The van der Waals surface area contributed by atoms with E-state index in [4.69, 9.17) is 0 Å². The van der Waals surface area contributed by atoms with Gasteiger partial charge in [0.15, 0.2) is 0 Å². The van der Waals surface area contributed by atoms with Crippen molar-refractivity contribution in [1.82, 2.24) is 0 Å². The second-order valence-electron chi connectivity index (χ2n) is 12.7. The SMILES string of the molecule is CCCCCCCCCCCCCCCCC(C(=O)[O-])c1cc(C(C)(C)C)c(O)c(C(C)(C)C)c1. The predicted octanol–water partition coefficient (Wildman–Crippen LogP) is 8.69. The van der Waals surface area contributed by atoms with Gasteiger partial charge in [-0.3, -0.25) is 0 Å². The number of rotatable bonds is 17. The number of benzene rings is 1. The van der Waals surface area contributed by atoms with Crippen LogP contribution in [0.2, 0.25) is 0 Å². The maximum Gasteiger partial charge on any atom is 0.123 e. The Morgan fingerprint density at radius 1 is 0.714 bits per heavy atom. The molecule has 0 bridgehead atoms. The fourth-order valence-corrected chi connectivity index (χ4v) is 4.97. The fraction of sp³-hybridized carbons (Fsp3) is 0.781. The molecule has 0 aliphatic carbocycles. The van der Waals surface area contributed by atoms with Crippen molar-refractivity contribution in [3.8, 4) is 5.75 Å². The van der Waals surface area contributed by atoms with E-state index in [9.17, 15) is 15.0 Å². The number of unbranched alkanes of at least 4 members (excludes halogenated alkanes) is 13. The lowest BCUT2D eigenvalue weighted by Gasteiger charge is -2.30. The van der Waals surface area contributed by atoms with Gasteiger partial charge in [-0.15, -0.1) is 0 Å². The predicted molar refractivity (Wildman–Crippen MR) is 148 cm³/mol. The molecule has 0 saturated carbocycles. The Labute approximate surface area is 217 Å². The molecule has 1 N–H and O–H groups in total. The summed E-state index contributed by atoms with van der Waals surface area (Å²) in [7, 11) is 0. The average molecular weight is 488 g/mol. The highest BCUT2D eigenvalue weighted by Gasteiger charge is 2.28. The van der Waals surface area contributed by atoms with Crippen LogP contribution >= 0.6 is 0 Å². The largest absolute Gasteiger partial charge is 0.549 e. The van der Waals surface area contributed by atoms with Crippen LogP contribution in [0.25, 0.3) is 0 Å². The van der Waals surface area contributed by atoms with Crippen molar-refractivity contribution in [3.63, 3.8) is 0 Å². The van der Waals surface area contributed by atoms with Crippen molar-refractivity contribution in [2.45, 2.75) is 162 Å². The minimum atomic E-state index is -1.01. The van der Waals surface area contributed by atoms with Gasteiger partial charge < -0.3 is 15.0 Å². The maximum absolute atomic E-state index is 12.1. The van der Waals surface area contributed by atoms with Crippen LogP contribution < -0.4 is 5.11 Å². The zero-order chi connectivity index (χ0) is 26.5. The van der Waals surface area contributed by atoms with E-state index >= 15 is 0 Å². The van der Waals surface area contributed by atoms with E-state index in [1.54, 1.807) is 0 Å². The third-order valence-corrected chi connectivity index (χ3v) is 7.28. The summed E-state index contributed by atoms with van der Waals surface area (Å²) >= 11 is 0. The third kappa shape index (κ3) is 11.8. The molecular formula is C32H55O3-. The highest BCUT2D eigenvalue weighted by atomic mass is 16.4. The minimum absolute atomic E-state index is 0.272. The van der Waals surface area contributed by atoms with Crippen molar-refractivity contribution in [2.24, 2.45) is 0 Å². The molecule has 0 amide bonds. The first-order valence-electron chi connectivity index (χ1n) is 14.5. The summed E-state index contributed by atoms with van der Waals surface area (Å²) in [6.07, 6.45) is 18.6. The van der Waals surface area contributed by atoms with Crippen molar-refractivity contribution in [1.29, 1.82) is 0 Å². The van der Waals surface area contributed by atoms with Crippen LogP contribution in [0.1, 0.15) is 167 Å². The second-order valence-corrected chi connectivity index (χ2v) is 12.7. The number of hydrogen-bond donors (Lipinski definition) is 1. The van der Waals surface area contributed by atoms with E-state index < -0.39 is 11.9 Å². The number of phenols is 1. The Morgan fingerprint density at radius 3 is 1.37 bits per heavy atom. The molecular weight excluding hydrogens is 432 g/mol. The minimum Gasteiger partial charge on any atom is -0.549 e. The number of carbonyl (C=O) groups is 1. The molecule has 1 rings (SSSR count). The number of carbonyl (C=O) groups excluding carboxylic acids is 1. The molecule has 3 heteroatoms. The summed E-state index contributed by atoms with van der Waals surface area (Å²) in [4.78, 5) is 12.1. The van der Waals surface area contributed by atoms with E-state index in [-0.39, 0.29) is 10.8 Å². The molecule has 0 spiro atoms. The molecule has 0 aromatic heterocycles. The molecule has 0 heterocycles. The number of aromatic hydroxyl groups is 1. The topological polar surface area (TPSA) is 60.4 Å². The first-order chi connectivity index (χ1) is 16.4. The van der Waals surface area contributed by atoms with Crippen LogP contribution in [0.15, 0.2) is 12.1 Å². The standard InChI is InChI=1S/C32H56O3/c1-8-9-10-11-12-13-14-15-16-17-18-19-20-21-22-26(30(34)35)25-23-27(31(2,3)4)29(33)28(24-25)32(5,6)7/h23-24,26,33H,8-22H2,1-7H3,(H,34,35)/p-1. The van der Waals surface area contributed by atoms with Gasteiger partial charge in [0, 0.05) is 11.9 Å². The van der Waals surface area contributed by atoms with Crippen LogP contribution in [0.3, 0.4) is 0 Å². The maximum atomic E-state index is 12.1. The van der Waals surface area contributed by atoms with Crippen LogP contribution in [0, 0.1) is 0 Å². The van der Waals surface area contributed by atoms with Gasteiger partial charge in [0.2, 0.25) is 0 Å². The Bertz CT molecular complexity index is 701. The molecule has 1 unspecified atom stereocenters. The van der Waals surface area contributed by atoms with Gasteiger partial charge in [0.1, 0.15) is 5.75 Å². The highest BCUT2D eigenvalue weighted by molar-refractivity contribution is 5.74. The van der Waals surface area contributed by atoms with E-state index in [0.717, 1.165) is 29.5 Å². The van der Waals surface area contributed by atoms with E-state index in [2.05, 4.69) is 48.5 Å². The highest BCUT2D eigenvalue weighted by Crippen LogP contribution is 2.41. The molecule has 0 aliphatic rings. The zero-order valence-electron chi connectivity index (χ0n) is 24.1. The number of carboxylic acid groups (broad SMARTS) is 1. The summed E-state index contributed by atoms with van der Waals surface area (Å²) in [5.41, 5.74) is 1.85. The van der Waals surface area contributed by atoms with Gasteiger partial charge in [0.05, 0.1) is 0 Å². The van der Waals surface area contributed by atoms with Crippen molar-refractivity contribution in [2.75, 3.05) is 0 Å². The molecule has 0 saturated heterocycles. The smallest absolute Gasteiger partial charge is 0.123 e. The van der Waals surface area contributed by atoms with E-state index in [0.29, 0.717) is 12.2 Å². The lowest BCUT2D eigenvalue weighted by Crippen LogP contribution is -2.30. The molecule has 202 valence electrons. The summed E-state index contributed by atoms with van der Waals surface area (Å²) in [5, 5.41) is 23.0. The monoisotopic (exact) mass is 487 g/mol. The molecule has 1 atom stereocenters. The molecule has 1 aromatic carbocycles. The van der Waals surface area contributed by atoms with Gasteiger partial charge in [-0.1, -0.05) is 150 Å². The number of aliphatic carboxylic acids is 1. The number of phenolic OH excluding ortho intramolecular Hbond substituents is 1. The van der Waals surface area contributed by atoms with Crippen LogP contribution in [0.4, 0.5) is 0 Å². The molecule has 1 aromatic rings. The Hall–Kier alpha value is -1.51. The number of hydrogen-bond acceptors (Lipinski definition) is 3. The Morgan fingerprint density at radius 2 is 1.06 bits per heavy atom. The van der Waals surface area contributed by atoms with Gasteiger partial charge in [0.25, 0.3) is 0 Å². The Balaban J connectivity index is 2.51. The summed E-state index contributed by atoms with van der Waals surface area (Å²) < 4.78 is 0. The summed E-state index contributed by atoms with van der Waals surface area (Å²) in [6.45, 7) is 14.6. The summed E-state index contributed by atoms with van der Waals surface area (Å²) in [6, 6.07) is 3.80. The quantitative estimate of drug-likeness (QED) is 0.223. The van der Waals surface area contributed by atoms with Crippen molar-refractivity contribution in [3.05, 3.63) is 28.8 Å². The molecule has 35 heavy (non-hydrogen) atoms. The van der Waals surface area contributed by atoms with E-state index in [1.807, 2.05) is 12.1 Å². The van der Waals surface area contributed by atoms with Crippen LogP contribution in [-0.4, -0.2) is 11.1 Å². The lowest BCUT2D eigenvalue weighted by molar-refractivity contribution is -0.308. The fourth-order valence-electron chi connectivity index (χ4n) is 4.97. The van der Waals surface area contributed by atoms with Gasteiger partial charge in [-0.05, 0) is 33.9 Å². The van der Waals surface area contributed by atoms with Gasteiger partial charge in [-0.25, -0.2) is 0 Å². The van der Waals surface area contributed by atoms with Crippen molar-refractivity contribution >= 4 is 5.97 Å². The first-order valence-corrected chi connectivity index (χ1v) is 14.5. The number of carboxylic acids is 1. The first kappa shape index (κ1) is 31.5. The average Bonchev–Trinajstić information content (AvgIpc) is 2.75. The van der Waals surface area contributed by atoms with Crippen LogP contribution in [0.5, 0.6) is 5.75 Å². The van der Waals surface area contributed by atoms with Gasteiger partial charge in [-0.2, -0.15) is 0 Å². The molecule has 0 aliphatic heterocycles. The van der Waals surface area contributed by atoms with E-state index in [1.165, 1.54) is 77.0 Å². The normalized spacial score (nSPS) is 13.2. The molecule has 0 radical (unpaired) electrons.